The van der Waals surface area contributed by atoms with E-state index in [0.717, 1.165) is 27.7 Å². The molecule has 0 aliphatic rings. The number of benzene rings is 2. The smallest absolute Gasteiger partial charge is 0.166 e. The lowest BCUT2D eigenvalue weighted by molar-refractivity contribution is -0.137. The van der Waals surface area contributed by atoms with Crippen LogP contribution in [0.5, 0.6) is 0 Å². The minimum Gasteiger partial charge on any atom is -0.166 e. The summed E-state index contributed by atoms with van der Waals surface area (Å²) in [6.45, 7) is 0. The summed E-state index contributed by atoms with van der Waals surface area (Å²) in [6, 6.07) is 10.6. The van der Waals surface area contributed by atoms with Gasteiger partial charge in [0.2, 0.25) is 0 Å². The van der Waals surface area contributed by atoms with Crippen LogP contribution in [-0.4, -0.2) is 0 Å². The Morgan fingerprint density at radius 3 is 2.24 bits per heavy atom. The number of halogens is 6. The quantitative estimate of drug-likeness (QED) is 0.459. The van der Waals surface area contributed by atoms with E-state index in [2.05, 4.69) is 31.9 Å². The molecule has 0 aliphatic heterocycles. The maximum atomic E-state index is 12.5. The van der Waals surface area contributed by atoms with Crippen LogP contribution >= 0.6 is 43.5 Å². The molecule has 0 radical (unpaired) electrons. The molecule has 112 valence electrons. The highest BCUT2D eigenvalue weighted by Gasteiger charge is 2.30. The van der Waals surface area contributed by atoms with Gasteiger partial charge in [0.05, 0.1) is 5.56 Å². The molecule has 2 rings (SSSR count). The van der Waals surface area contributed by atoms with Crippen LogP contribution in [0.2, 0.25) is 5.02 Å². The first-order valence-corrected chi connectivity index (χ1v) is 8.11. The normalized spacial score (nSPS) is 13.2. The van der Waals surface area contributed by atoms with Gasteiger partial charge in [-0.25, -0.2) is 0 Å². The first kappa shape index (κ1) is 16.8. The van der Waals surface area contributed by atoms with Gasteiger partial charge in [0.1, 0.15) is 0 Å². The van der Waals surface area contributed by atoms with Crippen molar-refractivity contribution >= 4 is 43.5 Å². The Balaban J connectivity index is 2.16. The van der Waals surface area contributed by atoms with Crippen LogP contribution in [0.4, 0.5) is 13.2 Å². The number of hydrogen-bond acceptors (Lipinski definition) is 0. The summed E-state index contributed by atoms with van der Waals surface area (Å²) >= 11 is 13.0. The van der Waals surface area contributed by atoms with E-state index in [-0.39, 0.29) is 4.83 Å². The zero-order valence-electron chi connectivity index (χ0n) is 10.6. The molecule has 21 heavy (non-hydrogen) atoms. The number of alkyl halides is 4. The van der Waals surface area contributed by atoms with Gasteiger partial charge in [-0.1, -0.05) is 55.6 Å². The molecule has 0 fully saturated rings. The predicted octanol–water partition coefficient (Wildman–Crippen LogP) is 6.80. The van der Waals surface area contributed by atoms with Crippen LogP contribution in [0, 0.1) is 0 Å². The molecular weight excluding hydrogens is 432 g/mol. The predicted molar refractivity (Wildman–Crippen MR) is 86.0 cm³/mol. The third-order valence-electron chi connectivity index (χ3n) is 2.99. The average Bonchev–Trinajstić information content (AvgIpc) is 2.41. The zero-order chi connectivity index (χ0) is 15.6. The Morgan fingerprint density at radius 2 is 1.67 bits per heavy atom. The maximum Gasteiger partial charge on any atom is 0.416 e. The van der Waals surface area contributed by atoms with Gasteiger partial charge in [-0.05, 0) is 47.9 Å². The monoisotopic (exact) mass is 440 g/mol. The van der Waals surface area contributed by atoms with Crippen LogP contribution in [0.1, 0.15) is 21.5 Å². The minimum atomic E-state index is -4.30. The molecule has 0 N–H and O–H groups in total. The van der Waals surface area contributed by atoms with Crippen molar-refractivity contribution in [3.63, 3.8) is 0 Å². The Labute approximate surface area is 142 Å². The molecule has 0 saturated heterocycles. The average molecular weight is 443 g/mol. The van der Waals surface area contributed by atoms with E-state index >= 15 is 0 Å². The molecule has 0 amide bonds. The van der Waals surface area contributed by atoms with E-state index in [1.54, 1.807) is 6.07 Å². The molecule has 6 heteroatoms. The molecule has 1 atom stereocenters. The second kappa shape index (κ2) is 6.71. The zero-order valence-corrected chi connectivity index (χ0v) is 14.5. The topological polar surface area (TPSA) is 0 Å². The molecule has 0 spiro atoms. The van der Waals surface area contributed by atoms with Crippen LogP contribution in [0.25, 0.3) is 0 Å². The lowest BCUT2D eigenvalue weighted by atomic mass is 10.0. The first-order valence-electron chi connectivity index (χ1n) is 6.02. The fourth-order valence-corrected chi connectivity index (χ4v) is 3.66. The van der Waals surface area contributed by atoms with E-state index in [9.17, 15) is 13.2 Å². The summed E-state index contributed by atoms with van der Waals surface area (Å²) in [5.41, 5.74) is 1.14. The molecule has 2 aromatic rings. The van der Waals surface area contributed by atoms with Crippen molar-refractivity contribution in [2.75, 3.05) is 0 Å². The lowest BCUT2D eigenvalue weighted by Crippen LogP contribution is -2.05. The second-order valence-corrected chi connectivity index (χ2v) is 6.93. The minimum absolute atomic E-state index is 0.0395. The molecule has 0 aliphatic carbocycles. The second-order valence-electron chi connectivity index (χ2n) is 4.53. The summed E-state index contributed by atoms with van der Waals surface area (Å²) in [5, 5.41) is 0.616. The molecule has 0 bridgehead atoms. The van der Waals surface area contributed by atoms with Crippen molar-refractivity contribution in [1.29, 1.82) is 0 Å². The Kier molecular flexibility index (Phi) is 5.38. The summed E-state index contributed by atoms with van der Waals surface area (Å²) in [6.07, 6.45) is -3.74. The van der Waals surface area contributed by atoms with E-state index in [1.165, 1.54) is 12.1 Å². The van der Waals surface area contributed by atoms with Crippen LogP contribution in [0.3, 0.4) is 0 Å². The molecular formula is C15H10Br2ClF3. The largest absolute Gasteiger partial charge is 0.416 e. The van der Waals surface area contributed by atoms with Gasteiger partial charge in [-0.15, -0.1) is 0 Å². The summed E-state index contributed by atoms with van der Waals surface area (Å²) in [7, 11) is 0. The van der Waals surface area contributed by atoms with Gasteiger partial charge in [0.15, 0.2) is 0 Å². The standard InChI is InChI=1S/C15H10Br2ClF3/c16-13-6-5-11(18)8-12(13)14(17)7-9-1-3-10(4-2-9)15(19,20)21/h1-6,8,14H,7H2. The van der Waals surface area contributed by atoms with E-state index in [0.29, 0.717) is 11.4 Å². The highest BCUT2D eigenvalue weighted by molar-refractivity contribution is 9.11. The molecule has 1 unspecified atom stereocenters. The van der Waals surface area contributed by atoms with Crippen molar-refractivity contribution in [2.45, 2.75) is 17.4 Å². The summed E-state index contributed by atoms with van der Waals surface area (Å²) in [4.78, 5) is -0.0395. The highest BCUT2D eigenvalue weighted by atomic mass is 79.9. The van der Waals surface area contributed by atoms with Crippen LogP contribution in [0.15, 0.2) is 46.9 Å². The van der Waals surface area contributed by atoms with Crippen molar-refractivity contribution in [2.24, 2.45) is 0 Å². The van der Waals surface area contributed by atoms with Gasteiger partial charge in [0, 0.05) is 14.3 Å². The van der Waals surface area contributed by atoms with Crippen molar-refractivity contribution in [3.05, 3.63) is 68.7 Å². The van der Waals surface area contributed by atoms with Gasteiger partial charge >= 0.3 is 6.18 Å². The Hall–Kier alpha value is -0.520. The highest BCUT2D eigenvalue weighted by Crippen LogP contribution is 2.35. The third-order valence-corrected chi connectivity index (χ3v) is 4.77. The van der Waals surface area contributed by atoms with Gasteiger partial charge < -0.3 is 0 Å². The van der Waals surface area contributed by atoms with E-state index in [4.69, 9.17) is 11.6 Å². The lowest BCUT2D eigenvalue weighted by Gasteiger charge is -2.14. The SMILES string of the molecule is FC(F)(F)c1ccc(CC(Br)c2cc(Cl)ccc2Br)cc1. The summed E-state index contributed by atoms with van der Waals surface area (Å²) < 4.78 is 38.4. The van der Waals surface area contributed by atoms with Gasteiger partial charge in [-0.3, -0.25) is 0 Å². The van der Waals surface area contributed by atoms with E-state index in [1.807, 2.05) is 12.1 Å². The molecule has 2 aromatic carbocycles. The van der Waals surface area contributed by atoms with Gasteiger partial charge in [0.25, 0.3) is 0 Å². The third kappa shape index (κ3) is 4.47. The van der Waals surface area contributed by atoms with Crippen LogP contribution < -0.4 is 0 Å². The van der Waals surface area contributed by atoms with Crippen molar-refractivity contribution < 1.29 is 13.2 Å². The molecule has 0 aromatic heterocycles. The van der Waals surface area contributed by atoms with E-state index < -0.39 is 11.7 Å². The summed E-state index contributed by atoms with van der Waals surface area (Å²) in [5.74, 6) is 0. The Bertz CT molecular complexity index is 624. The number of rotatable bonds is 3. The molecule has 0 heterocycles. The van der Waals surface area contributed by atoms with Gasteiger partial charge in [-0.2, -0.15) is 13.2 Å². The molecule has 0 nitrogen and oxygen atoms in total. The number of hydrogen-bond donors (Lipinski definition) is 0. The fraction of sp³-hybridized carbons (Fsp3) is 0.200. The molecule has 0 saturated carbocycles. The van der Waals surface area contributed by atoms with Crippen molar-refractivity contribution in [3.8, 4) is 0 Å². The first-order chi connectivity index (χ1) is 9.77. The fourth-order valence-electron chi connectivity index (χ4n) is 1.90. The van der Waals surface area contributed by atoms with Crippen LogP contribution in [-0.2, 0) is 12.6 Å². The van der Waals surface area contributed by atoms with Crippen molar-refractivity contribution in [1.82, 2.24) is 0 Å². The Morgan fingerprint density at radius 1 is 1.05 bits per heavy atom. The maximum absolute atomic E-state index is 12.5.